The topological polar surface area (TPSA) is 90.9 Å². The van der Waals surface area contributed by atoms with E-state index in [0.29, 0.717) is 5.56 Å². The molecule has 3 aromatic rings. The lowest BCUT2D eigenvalue weighted by Crippen LogP contribution is -2.00. The number of phenolic OH excluding ortho intramolecular Hbond substituents is 3. The Balaban J connectivity index is 2.36. The molecule has 0 aliphatic rings. The predicted molar refractivity (Wildman–Crippen MR) is 72.9 cm³/mol. The second kappa shape index (κ2) is 4.31. The summed E-state index contributed by atoms with van der Waals surface area (Å²) >= 11 is 0. The summed E-state index contributed by atoms with van der Waals surface area (Å²) in [5, 5.41) is 28.9. The van der Waals surface area contributed by atoms with E-state index in [2.05, 4.69) is 0 Å². The summed E-state index contributed by atoms with van der Waals surface area (Å²) in [5.74, 6) is -0.435. The Labute approximate surface area is 113 Å². The van der Waals surface area contributed by atoms with Crippen molar-refractivity contribution in [1.82, 2.24) is 0 Å². The van der Waals surface area contributed by atoms with Crippen LogP contribution in [-0.4, -0.2) is 15.3 Å². The van der Waals surface area contributed by atoms with Crippen LogP contribution in [0.25, 0.3) is 22.3 Å². The molecule has 0 saturated carbocycles. The summed E-state index contributed by atoms with van der Waals surface area (Å²) in [7, 11) is 0. The van der Waals surface area contributed by atoms with Gasteiger partial charge in [-0.15, -0.1) is 0 Å². The number of hydrogen-bond donors (Lipinski definition) is 3. The van der Waals surface area contributed by atoms with Crippen molar-refractivity contribution >= 4 is 11.0 Å². The first-order chi connectivity index (χ1) is 9.56. The third kappa shape index (κ3) is 1.85. The molecule has 2 aromatic carbocycles. The van der Waals surface area contributed by atoms with Gasteiger partial charge in [0.1, 0.15) is 34.0 Å². The summed E-state index contributed by atoms with van der Waals surface area (Å²) in [6.07, 6.45) is 0. The Morgan fingerprint density at radius 1 is 0.900 bits per heavy atom. The number of phenols is 3. The Morgan fingerprint density at radius 3 is 2.40 bits per heavy atom. The molecule has 0 fully saturated rings. The maximum Gasteiger partial charge on any atom is 0.197 e. The normalized spacial score (nSPS) is 10.8. The van der Waals surface area contributed by atoms with E-state index in [1.54, 1.807) is 18.2 Å². The first kappa shape index (κ1) is 12.1. The minimum Gasteiger partial charge on any atom is -0.508 e. The smallest absolute Gasteiger partial charge is 0.197 e. The minimum absolute atomic E-state index is 0.0121. The highest BCUT2D eigenvalue weighted by Gasteiger charge is 2.13. The fourth-order valence-electron chi connectivity index (χ4n) is 2.07. The van der Waals surface area contributed by atoms with E-state index in [1.165, 1.54) is 18.2 Å². The fourth-order valence-corrected chi connectivity index (χ4v) is 2.07. The van der Waals surface area contributed by atoms with Crippen molar-refractivity contribution in [2.45, 2.75) is 0 Å². The van der Waals surface area contributed by atoms with Crippen LogP contribution in [0.5, 0.6) is 17.2 Å². The van der Waals surface area contributed by atoms with E-state index in [1.807, 2.05) is 0 Å². The van der Waals surface area contributed by atoms with Crippen LogP contribution in [0.15, 0.2) is 51.7 Å². The Hall–Kier alpha value is -2.95. The summed E-state index contributed by atoms with van der Waals surface area (Å²) in [4.78, 5) is 12.0. The number of hydrogen-bond acceptors (Lipinski definition) is 5. The summed E-state index contributed by atoms with van der Waals surface area (Å²) < 4.78 is 5.49. The Bertz CT molecular complexity index is 864. The van der Waals surface area contributed by atoms with Crippen LogP contribution >= 0.6 is 0 Å². The average Bonchev–Trinajstić information content (AvgIpc) is 2.37. The van der Waals surface area contributed by atoms with Crippen LogP contribution in [-0.2, 0) is 0 Å². The molecule has 0 bridgehead atoms. The van der Waals surface area contributed by atoms with Gasteiger partial charge in [-0.1, -0.05) is 12.1 Å². The molecule has 0 saturated heterocycles. The van der Waals surface area contributed by atoms with Crippen molar-refractivity contribution in [3.63, 3.8) is 0 Å². The van der Waals surface area contributed by atoms with Crippen molar-refractivity contribution in [3.05, 3.63) is 52.7 Å². The van der Waals surface area contributed by atoms with Gasteiger partial charge in [-0.25, -0.2) is 0 Å². The number of para-hydroxylation sites is 1. The Kier molecular flexibility index (Phi) is 2.61. The third-order valence-corrected chi connectivity index (χ3v) is 2.96. The van der Waals surface area contributed by atoms with Crippen LogP contribution < -0.4 is 5.43 Å². The molecule has 0 aliphatic heterocycles. The van der Waals surface area contributed by atoms with E-state index in [4.69, 9.17) is 4.42 Å². The molecule has 0 amide bonds. The second-order valence-electron chi connectivity index (χ2n) is 4.33. The molecule has 0 aliphatic carbocycles. The average molecular weight is 270 g/mol. The van der Waals surface area contributed by atoms with Crippen molar-refractivity contribution < 1.29 is 19.7 Å². The molecular formula is C15H10O5. The molecular weight excluding hydrogens is 260 g/mol. The fraction of sp³-hybridized carbons (Fsp3) is 0. The standard InChI is InChI=1S/C15H10O5/c16-8-5-11(18)15-12(19)7-13(20-14(15)6-8)9-3-1-2-4-10(9)17/h1-7,16-18H. The third-order valence-electron chi connectivity index (χ3n) is 2.96. The molecule has 5 heteroatoms. The van der Waals surface area contributed by atoms with Gasteiger partial charge in [-0.05, 0) is 12.1 Å². The molecule has 3 N–H and O–H groups in total. The Morgan fingerprint density at radius 2 is 1.65 bits per heavy atom. The minimum atomic E-state index is -0.456. The number of rotatable bonds is 1. The molecule has 0 atom stereocenters. The van der Waals surface area contributed by atoms with Gasteiger partial charge in [0.25, 0.3) is 0 Å². The molecule has 1 heterocycles. The molecule has 20 heavy (non-hydrogen) atoms. The highest BCUT2D eigenvalue weighted by atomic mass is 16.3. The highest BCUT2D eigenvalue weighted by Crippen LogP contribution is 2.33. The van der Waals surface area contributed by atoms with Gasteiger partial charge < -0.3 is 19.7 Å². The summed E-state index contributed by atoms with van der Waals surface area (Å²) in [5.41, 5.74) is -0.0513. The molecule has 0 unspecified atom stereocenters. The van der Waals surface area contributed by atoms with Gasteiger partial charge >= 0.3 is 0 Å². The number of fused-ring (bicyclic) bond motifs is 1. The lowest BCUT2D eigenvalue weighted by molar-refractivity contribution is 0.452. The first-order valence-corrected chi connectivity index (χ1v) is 5.84. The maximum absolute atomic E-state index is 12.0. The van der Waals surface area contributed by atoms with Gasteiger partial charge in [0.2, 0.25) is 0 Å². The summed E-state index contributed by atoms with van der Waals surface area (Å²) in [6, 6.07) is 9.91. The van der Waals surface area contributed by atoms with Gasteiger partial charge in [-0.2, -0.15) is 0 Å². The highest BCUT2D eigenvalue weighted by molar-refractivity contribution is 5.86. The van der Waals surface area contributed by atoms with Gasteiger partial charge in [-0.3, -0.25) is 4.79 Å². The van der Waals surface area contributed by atoms with Crippen molar-refractivity contribution in [1.29, 1.82) is 0 Å². The van der Waals surface area contributed by atoms with Gasteiger partial charge in [0.05, 0.1) is 5.56 Å². The lowest BCUT2D eigenvalue weighted by Gasteiger charge is -2.06. The van der Waals surface area contributed by atoms with Crippen molar-refractivity contribution in [2.24, 2.45) is 0 Å². The monoisotopic (exact) mass is 270 g/mol. The SMILES string of the molecule is O=c1cc(-c2ccccc2O)oc2cc(O)cc(O)c12. The van der Waals surface area contributed by atoms with E-state index in [-0.39, 0.29) is 34.0 Å². The van der Waals surface area contributed by atoms with Crippen LogP contribution in [0.3, 0.4) is 0 Å². The van der Waals surface area contributed by atoms with Crippen LogP contribution in [0.4, 0.5) is 0 Å². The van der Waals surface area contributed by atoms with E-state index in [0.717, 1.165) is 6.07 Å². The predicted octanol–water partition coefficient (Wildman–Crippen LogP) is 2.58. The molecule has 100 valence electrons. The number of benzene rings is 2. The zero-order chi connectivity index (χ0) is 14.3. The summed E-state index contributed by atoms with van der Waals surface area (Å²) in [6.45, 7) is 0. The van der Waals surface area contributed by atoms with Crippen molar-refractivity contribution in [3.8, 4) is 28.6 Å². The molecule has 0 radical (unpaired) electrons. The lowest BCUT2D eigenvalue weighted by atomic mass is 10.1. The van der Waals surface area contributed by atoms with Crippen LogP contribution in [0.1, 0.15) is 0 Å². The van der Waals surface area contributed by atoms with Gasteiger partial charge in [0.15, 0.2) is 5.43 Å². The van der Waals surface area contributed by atoms with E-state index >= 15 is 0 Å². The second-order valence-corrected chi connectivity index (χ2v) is 4.33. The van der Waals surface area contributed by atoms with Crippen molar-refractivity contribution in [2.75, 3.05) is 0 Å². The van der Waals surface area contributed by atoms with E-state index in [9.17, 15) is 20.1 Å². The zero-order valence-electron chi connectivity index (χ0n) is 10.2. The zero-order valence-corrected chi connectivity index (χ0v) is 10.2. The van der Waals surface area contributed by atoms with Crippen LogP contribution in [0, 0.1) is 0 Å². The molecule has 5 nitrogen and oxygen atoms in total. The van der Waals surface area contributed by atoms with Gasteiger partial charge in [0, 0.05) is 18.2 Å². The van der Waals surface area contributed by atoms with Crippen LogP contribution in [0.2, 0.25) is 0 Å². The molecule has 1 aromatic heterocycles. The quantitative estimate of drug-likeness (QED) is 0.632. The first-order valence-electron chi connectivity index (χ1n) is 5.84. The largest absolute Gasteiger partial charge is 0.508 e. The number of aromatic hydroxyl groups is 3. The van der Waals surface area contributed by atoms with E-state index < -0.39 is 5.43 Å². The maximum atomic E-state index is 12.0. The molecule has 3 rings (SSSR count). The molecule has 0 spiro atoms.